The number of aliphatic hydroxyl groups is 1. The first-order valence-corrected chi connectivity index (χ1v) is 7.31. The molecule has 1 aromatic heterocycles. The number of rotatable bonds is 3. The molecular weight excluding hydrogens is 266 g/mol. The van der Waals surface area contributed by atoms with E-state index < -0.39 is 0 Å². The smallest absolute Gasteiger partial charge is 0.252 e. The Morgan fingerprint density at radius 2 is 2.48 bits per heavy atom. The van der Waals surface area contributed by atoms with Gasteiger partial charge in [-0.3, -0.25) is 9.78 Å². The van der Waals surface area contributed by atoms with Crippen molar-refractivity contribution in [1.29, 1.82) is 0 Å². The molecule has 5 nitrogen and oxygen atoms in total. The Hall–Kier alpha value is -1.90. The van der Waals surface area contributed by atoms with Crippen LogP contribution >= 0.6 is 0 Å². The van der Waals surface area contributed by atoms with E-state index >= 15 is 0 Å². The predicted molar refractivity (Wildman–Crippen MR) is 80.8 cm³/mol. The van der Waals surface area contributed by atoms with Crippen molar-refractivity contribution in [3.8, 4) is 11.8 Å². The van der Waals surface area contributed by atoms with Gasteiger partial charge < -0.3 is 15.3 Å². The number of carbonyl (C=O) groups excluding carboxylic acids is 1. The molecule has 0 radical (unpaired) electrons. The van der Waals surface area contributed by atoms with E-state index in [1.807, 2.05) is 0 Å². The number of nitrogens with zero attached hydrogens (tertiary/aromatic N) is 2. The van der Waals surface area contributed by atoms with Gasteiger partial charge in [0.1, 0.15) is 6.61 Å². The number of hydrogen-bond donors (Lipinski definition) is 2. The molecule has 0 aliphatic carbocycles. The minimum absolute atomic E-state index is 0.123. The first-order chi connectivity index (χ1) is 10.2. The summed E-state index contributed by atoms with van der Waals surface area (Å²) in [5, 5.41) is 11.9. The van der Waals surface area contributed by atoms with Crippen LogP contribution in [0.3, 0.4) is 0 Å². The van der Waals surface area contributed by atoms with Crippen molar-refractivity contribution in [2.45, 2.75) is 25.8 Å². The van der Waals surface area contributed by atoms with E-state index in [0.29, 0.717) is 11.1 Å². The maximum atomic E-state index is 12.4. The summed E-state index contributed by atoms with van der Waals surface area (Å²) in [5.74, 6) is 5.20. The Bertz CT molecular complexity index is 548. The summed E-state index contributed by atoms with van der Waals surface area (Å²) >= 11 is 0. The minimum Gasteiger partial charge on any atom is -0.384 e. The molecule has 5 heteroatoms. The van der Waals surface area contributed by atoms with Gasteiger partial charge in [0.25, 0.3) is 5.91 Å². The molecule has 1 aromatic rings. The number of hydrogen-bond acceptors (Lipinski definition) is 4. The second-order valence-electron chi connectivity index (χ2n) is 5.09. The number of carbonyl (C=O) groups is 1. The molecular formula is C16H21N3O2. The maximum absolute atomic E-state index is 12.4. The van der Waals surface area contributed by atoms with Gasteiger partial charge in [0, 0.05) is 25.0 Å². The fraction of sp³-hybridized carbons (Fsp3) is 0.500. The van der Waals surface area contributed by atoms with Gasteiger partial charge in [0.15, 0.2) is 0 Å². The molecule has 1 fully saturated rings. The second kappa shape index (κ2) is 7.77. The number of nitrogens with one attached hydrogen (secondary N) is 1. The third-order valence-corrected chi connectivity index (χ3v) is 3.66. The largest absolute Gasteiger partial charge is 0.384 e. The van der Waals surface area contributed by atoms with E-state index in [9.17, 15) is 4.79 Å². The first kappa shape index (κ1) is 15.5. The lowest BCUT2D eigenvalue weighted by atomic mass is 10.0. The van der Waals surface area contributed by atoms with E-state index in [4.69, 9.17) is 5.11 Å². The molecule has 1 aliphatic rings. The summed E-state index contributed by atoms with van der Waals surface area (Å²) in [7, 11) is 0. The van der Waals surface area contributed by atoms with Gasteiger partial charge in [-0.15, -0.1) is 0 Å². The number of piperidine rings is 1. The van der Waals surface area contributed by atoms with E-state index in [0.717, 1.165) is 32.5 Å². The molecule has 1 aliphatic heterocycles. The molecule has 0 bridgehead atoms. The number of likely N-dealkylation sites (tertiary alicyclic amines) is 1. The van der Waals surface area contributed by atoms with Crippen LogP contribution in [0.1, 0.15) is 35.7 Å². The number of aromatic nitrogens is 1. The van der Waals surface area contributed by atoms with Gasteiger partial charge in [0.05, 0.1) is 11.1 Å². The Balaban J connectivity index is 2.06. The molecule has 112 valence electrons. The summed E-state index contributed by atoms with van der Waals surface area (Å²) in [6, 6.07) is 1.84. The Labute approximate surface area is 125 Å². The highest BCUT2D eigenvalue weighted by molar-refractivity contribution is 5.96. The molecule has 2 heterocycles. The number of aliphatic hydroxyl groups excluding tert-OH is 1. The van der Waals surface area contributed by atoms with Crippen molar-refractivity contribution < 1.29 is 9.90 Å². The summed E-state index contributed by atoms with van der Waals surface area (Å²) < 4.78 is 0. The van der Waals surface area contributed by atoms with Crippen molar-refractivity contribution in [3.63, 3.8) is 0 Å². The zero-order valence-corrected chi connectivity index (χ0v) is 12.3. The van der Waals surface area contributed by atoms with Crippen LogP contribution in [0.5, 0.6) is 0 Å². The highest BCUT2D eigenvalue weighted by atomic mass is 16.2. The minimum atomic E-state index is -0.232. The highest BCUT2D eigenvalue weighted by Gasteiger charge is 2.21. The van der Waals surface area contributed by atoms with Gasteiger partial charge in [-0.05, 0) is 32.0 Å². The third-order valence-electron chi connectivity index (χ3n) is 3.66. The van der Waals surface area contributed by atoms with Crippen molar-refractivity contribution in [1.82, 2.24) is 15.2 Å². The van der Waals surface area contributed by atoms with Crippen molar-refractivity contribution in [2.75, 3.05) is 26.2 Å². The van der Waals surface area contributed by atoms with Crippen LogP contribution in [-0.2, 0) is 0 Å². The van der Waals surface area contributed by atoms with Crippen LogP contribution < -0.4 is 5.32 Å². The van der Waals surface area contributed by atoms with E-state index in [-0.39, 0.29) is 18.6 Å². The second-order valence-corrected chi connectivity index (χ2v) is 5.09. The summed E-state index contributed by atoms with van der Waals surface area (Å²) in [4.78, 5) is 18.7. The summed E-state index contributed by atoms with van der Waals surface area (Å²) in [6.07, 6.45) is 5.24. The highest BCUT2D eigenvalue weighted by Crippen LogP contribution is 2.12. The van der Waals surface area contributed by atoms with Gasteiger partial charge in [-0.1, -0.05) is 18.8 Å². The molecule has 2 rings (SSSR count). The van der Waals surface area contributed by atoms with E-state index in [1.54, 1.807) is 18.5 Å². The van der Waals surface area contributed by atoms with Gasteiger partial charge in [-0.2, -0.15) is 0 Å². The summed E-state index contributed by atoms with van der Waals surface area (Å²) in [6.45, 7) is 4.91. The van der Waals surface area contributed by atoms with Crippen LogP contribution in [0.4, 0.5) is 0 Å². The molecule has 0 aromatic carbocycles. The fourth-order valence-corrected chi connectivity index (χ4v) is 2.55. The molecule has 1 amide bonds. The lowest BCUT2D eigenvalue weighted by Crippen LogP contribution is -2.47. The average Bonchev–Trinajstić information content (AvgIpc) is 2.53. The van der Waals surface area contributed by atoms with Crippen molar-refractivity contribution in [2.24, 2.45) is 0 Å². The third kappa shape index (κ3) is 4.28. The molecule has 1 unspecified atom stereocenters. The Morgan fingerprint density at radius 1 is 1.62 bits per heavy atom. The van der Waals surface area contributed by atoms with Gasteiger partial charge in [0.2, 0.25) is 0 Å². The zero-order valence-electron chi connectivity index (χ0n) is 12.3. The SMILES string of the molecule is CCN1CCCC(NC(=O)c2ccncc2C#CCO)C1. The Kier molecular flexibility index (Phi) is 5.73. The Morgan fingerprint density at radius 3 is 3.24 bits per heavy atom. The van der Waals surface area contributed by atoms with E-state index in [2.05, 4.69) is 34.0 Å². The monoisotopic (exact) mass is 287 g/mol. The van der Waals surface area contributed by atoms with Crippen LogP contribution in [-0.4, -0.2) is 53.2 Å². The fourth-order valence-electron chi connectivity index (χ4n) is 2.55. The van der Waals surface area contributed by atoms with Crippen molar-refractivity contribution >= 4 is 5.91 Å². The standard InChI is InChI=1S/C16H21N3O2/c1-2-19-9-3-6-14(12-19)18-16(21)15-7-8-17-11-13(15)5-4-10-20/h7-8,11,14,20H,2-3,6,9-10,12H2,1H3,(H,18,21). The van der Waals surface area contributed by atoms with Gasteiger partial charge >= 0.3 is 0 Å². The molecule has 1 atom stereocenters. The molecule has 0 saturated carbocycles. The number of likely N-dealkylation sites (N-methyl/N-ethyl adjacent to an activating group) is 1. The van der Waals surface area contributed by atoms with Crippen LogP contribution in [0, 0.1) is 11.8 Å². The first-order valence-electron chi connectivity index (χ1n) is 7.31. The molecule has 2 N–H and O–H groups in total. The average molecular weight is 287 g/mol. The van der Waals surface area contributed by atoms with Crippen LogP contribution in [0.15, 0.2) is 18.5 Å². The quantitative estimate of drug-likeness (QED) is 0.801. The topological polar surface area (TPSA) is 65.5 Å². The molecule has 21 heavy (non-hydrogen) atoms. The summed E-state index contributed by atoms with van der Waals surface area (Å²) in [5.41, 5.74) is 1.06. The maximum Gasteiger partial charge on any atom is 0.252 e. The lowest BCUT2D eigenvalue weighted by molar-refractivity contribution is 0.0905. The van der Waals surface area contributed by atoms with Gasteiger partial charge in [-0.25, -0.2) is 0 Å². The van der Waals surface area contributed by atoms with Crippen LogP contribution in [0.2, 0.25) is 0 Å². The van der Waals surface area contributed by atoms with E-state index in [1.165, 1.54) is 0 Å². The van der Waals surface area contributed by atoms with Crippen LogP contribution in [0.25, 0.3) is 0 Å². The lowest BCUT2D eigenvalue weighted by Gasteiger charge is -2.32. The molecule has 1 saturated heterocycles. The number of pyridine rings is 1. The zero-order chi connectivity index (χ0) is 15.1. The normalized spacial score (nSPS) is 18.7. The predicted octanol–water partition coefficient (Wildman–Crippen LogP) is 0.640. The van der Waals surface area contributed by atoms with Crippen molar-refractivity contribution in [3.05, 3.63) is 29.6 Å². The number of amides is 1. The molecule has 0 spiro atoms.